The Morgan fingerprint density at radius 1 is 1.48 bits per heavy atom. The van der Waals surface area contributed by atoms with E-state index in [4.69, 9.17) is 20.9 Å². The number of hydrogen-bond acceptors (Lipinski definition) is 5. The second-order valence-electron chi connectivity index (χ2n) is 5.27. The van der Waals surface area contributed by atoms with Crippen LogP contribution in [-0.4, -0.2) is 32.3 Å². The van der Waals surface area contributed by atoms with Gasteiger partial charge in [0.2, 0.25) is 5.91 Å². The zero-order valence-electron chi connectivity index (χ0n) is 12.4. The van der Waals surface area contributed by atoms with E-state index in [1.54, 1.807) is 12.1 Å². The van der Waals surface area contributed by atoms with E-state index in [0.29, 0.717) is 29.5 Å². The molecular weight excluding hydrogens is 270 g/mol. The summed E-state index contributed by atoms with van der Waals surface area (Å²) in [5, 5.41) is 3.24. The molecule has 1 amide bonds. The quantitative estimate of drug-likeness (QED) is 0.632. The number of amides is 1. The van der Waals surface area contributed by atoms with Crippen LogP contribution in [0.15, 0.2) is 12.1 Å². The standard InChI is InChI=1S/C15H23N3O3/c1-2-4-18-14-12(16)6-11(15(17)19)7-13(14)21-5-3-10-8-20-9-10/h6-7,10,18H,2-5,8-9,16H2,1H3,(H2,17,19). The molecule has 1 aliphatic rings. The van der Waals surface area contributed by atoms with E-state index in [0.717, 1.165) is 38.3 Å². The van der Waals surface area contributed by atoms with Crippen LogP contribution in [0.4, 0.5) is 11.4 Å². The Labute approximate surface area is 124 Å². The van der Waals surface area contributed by atoms with Crippen LogP contribution in [0.3, 0.4) is 0 Å². The highest BCUT2D eigenvalue weighted by Crippen LogP contribution is 2.33. The lowest BCUT2D eigenvalue weighted by Crippen LogP contribution is -2.29. The Morgan fingerprint density at radius 3 is 2.81 bits per heavy atom. The first-order valence-electron chi connectivity index (χ1n) is 7.29. The fraction of sp³-hybridized carbons (Fsp3) is 0.533. The van der Waals surface area contributed by atoms with Gasteiger partial charge in [0, 0.05) is 18.0 Å². The van der Waals surface area contributed by atoms with Gasteiger partial charge in [0.15, 0.2) is 0 Å². The van der Waals surface area contributed by atoms with Crippen LogP contribution in [0.2, 0.25) is 0 Å². The summed E-state index contributed by atoms with van der Waals surface area (Å²) in [5.41, 5.74) is 12.9. The molecule has 6 nitrogen and oxygen atoms in total. The van der Waals surface area contributed by atoms with E-state index in [9.17, 15) is 4.79 Å². The molecule has 116 valence electrons. The molecule has 0 saturated carbocycles. The van der Waals surface area contributed by atoms with Crippen molar-refractivity contribution in [1.82, 2.24) is 0 Å². The molecule has 0 bridgehead atoms. The van der Waals surface area contributed by atoms with Crippen LogP contribution in [0.1, 0.15) is 30.1 Å². The molecule has 1 aromatic carbocycles. The normalized spacial score (nSPS) is 14.5. The number of carbonyl (C=O) groups is 1. The van der Waals surface area contributed by atoms with Crippen LogP contribution < -0.4 is 21.5 Å². The Bertz CT molecular complexity index is 501. The topological polar surface area (TPSA) is 99.6 Å². The van der Waals surface area contributed by atoms with Crippen LogP contribution >= 0.6 is 0 Å². The molecule has 0 atom stereocenters. The summed E-state index contributed by atoms with van der Waals surface area (Å²) in [7, 11) is 0. The zero-order chi connectivity index (χ0) is 15.2. The second kappa shape index (κ2) is 7.17. The molecule has 0 aliphatic carbocycles. The van der Waals surface area contributed by atoms with Crippen LogP contribution in [0.25, 0.3) is 0 Å². The van der Waals surface area contributed by atoms with Gasteiger partial charge >= 0.3 is 0 Å². The largest absolute Gasteiger partial charge is 0.491 e. The van der Waals surface area contributed by atoms with Gasteiger partial charge in [0.25, 0.3) is 0 Å². The second-order valence-corrected chi connectivity index (χ2v) is 5.27. The first kappa shape index (κ1) is 15.4. The third-order valence-electron chi connectivity index (χ3n) is 3.46. The average molecular weight is 293 g/mol. The lowest BCUT2D eigenvalue weighted by Gasteiger charge is -2.26. The highest BCUT2D eigenvalue weighted by Gasteiger charge is 2.19. The Hall–Kier alpha value is -1.95. The number of hydrogen-bond donors (Lipinski definition) is 3. The predicted octanol–water partition coefficient (Wildman–Crippen LogP) is 1.60. The number of nitrogens with one attached hydrogen (secondary N) is 1. The maximum Gasteiger partial charge on any atom is 0.248 e. The minimum absolute atomic E-state index is 0.358. The summed E-state index contributed by atoms with van der Waals surface area (Å²) in [6.07, 6.45) is 1.89. The summed E-state index contributed by atoms with van der Waals surface area (Å²) in [6.45, 7) is 5.02. The maximum absolute atomic E-state index is 11.3. The lowest BCUT2D eigenvalue weighted by atomic mass is 10.1. The summed E-state index contributed by atoms with van der Waals surface area (Å²) in [4.78, 5) is 11.3. The van der Waals surface area contributed by atoms with Crippen molar-refractivity contribution < 1.29 is 14.3 Å². The van der Waals surface area contributed by atoms with Crippen LogP contribution in [0, 0.1) is 5.92 Å². The van der Waals surface area contributed by atoms with E-state index in [-0.39, 0.29) is 0 Å². The van der Waals surface area contributed by atoms with Gasteiger partial charge in [0.05, 0.1) is 25.5 Å². The molecule has 2 rings (SSSR count). The molecule has 1 aromatic rings. The molecule has 0 radical (unpaired) electrons. The van der Waals surface area contributed by atoms with Crippen molar-refractivity contribution in [3.63, 3.8) is 0 Å². The number of nitrogens with two attached hydrogens (primary N) is 2. The van der Waals surface area contributed by atoms with E-state index >= 15 is 0 Å². The SMILES string of the molecule is CCCNc1c(N)cc(C(N)=O)cc1OCCC1COC1. The van der Waals surface area contributed by atoms with Gasteiger partial charge in [-0.1, -0.05) is 6.92 Å². The highest BCUT2D eigenvalue weighted by atomic mass is 16.5. The Morgan fingerprint density at radius 2 is 2.24 bits per heavy atom. The van der Waals surface area contributed by atoms with Gasteiger partial charge in [0.1, 0.15) is 11.4 Å². The van der Waals surface area contributed by atoms with E-state index < -0.39 is 5.91 Å². The molecule has 0 unspecified atom stereocenters. The fourth-order valence-electron chi connectivity index (χ4n) is 2.12. The van der Waals surface area contributed by atoms with Crippen molar-refractivity contribution in [2.75, 3.05) is 37.4 Å². The molecule has 1 aliphatic heterocycles. The van der Waals surface area contributed by atoms with Crippen molar-refractivity contribution in [2.45, 2.75) is 19.8 Å². The van der Waals surface area contributed by atoms with Crippen molar-refractivity contribution in [2.24, 2.45) is 11.7 Å². The van der Waals surface area contributed by atoms with Gasteiger partial charge in [-0.2, -0.15) is 0 Å². The van der Waals surface area contributed by atoms with Gasteiger partial charge < -0.3 is 26.3 Å². The number of benzene rings is 1. The van der Waals surface area contributed by atoms with Crippen LogP contribution in [0.5, 0.6) is 5.75 Å². The van der Waals surface area contributed by atoms with Crippen molar-refractivity contribution in [3.05, 3.63) is 17.7 Å². The van der Waals surface area contributed by atoms with Gasteiger partial charge in [-0.25, -0.2) is 0 Å². The van der Waals surface area contributed by atoms with Crippen molar-refractivity contribution in [3.8, 4) is 5.75 Å². The minimum atomic E-state index is -0.513. The number of nitrogen functional groups attached to an aromatic ring is 1. The molecular formula is C15H23N3O3. The summed E-state index contributed by atoms with van der Waals surface area (Å²) in [6, 6.07) is 3.22. The first-order valence-corrected chi connectivity index (χ1v) is 7.29. The van der Waals surface area contributed by atoms with E-state index in [1.807, 2.05) is 0 Å². The van der Waals surface area contributed by atoms with Crippen molar-refractivity contribution >= 4 is 17.3 Å². The fourth-order valence-corrected chi connectivity index (χ4v) is 2.12. The third kappa shape index (κ3) is 4.01. The van der Waals surface area contributed by atoms with E-state index in [2.05, 4.69) is 12.2 Å². The molecule has 1 fully saturated rings. The Kier molecular flexibility index (Phi) is 5.27. The lowest BCUT2D eigenvalue weighted by molar-refractivity contribution is -0.0401. The Balaban J connectivity index is 2.10. The number of primary amides is 1. The molecule has 6 heteroatoms. The number of carbonyl (C=O) groups excluding carboxylic acids is 1. The zero-order valence-corrected chi connectivity index (χ0v) is 12.4. The minimum Gasteiger partial charge on any atom is -0.491 e. The molecule has 1 heterocycles. The predicted molar refractivity (Wildman–Crippen MR) is 82.6 cm³/mol. The van der Waals surface area contributed by atoms with Crippen LogP contribution in [-0.2, 0) is 4.74 Å². The molecule has 0 spiro atoms. The van der Waals surface area contributed by atoms with Crippen molar-refractivity contribution in [1.29, 1.82) is 0 Å². The summed E-state index contributed by atoms with van der Waals surface area (Å²) >= 11 is 0. The smallest absolute Gasteiger partial charge is 0.248 e. The van der Waals surface area contributed by atoms with E-state index in [1.165, 1.54) is 0 Å². The number of rotatable bonds is 8. The molecule has 21 heavy (non-hydrogen) atoms. The number of anilines is 2. The summed E-state index contributed by atoms with van der Waals surface area (Å²) in [5.74, 6) is 0.632. The molecule has 5 N–H and O–H groups in total. The third-order valence-corrected chi connectivity index (χ3v) is 3.46. The summed E-state index contributed by atoms with van der Waals surface area (Å²) < 4.78 is 10.9. The van der Waals surface area contributed by atoms with Gasteiger partial charge in [-0.05, 0) is 25.0 Å². The maximum atomic E-state index is 11.3. The number of ether oxygens (including phenoxy) is 2. The monoisotopic (exact) mass is 293 g/mol. The molecule has 1 saturated heterocycles. The van der Waals surface area contributed by atoms with Gasteiger partial charge in [-0.3, -0.25) is 4.79 Å². The average Bonchev–Trinajstić information content (AvgIpc) is 2.40. The molecule has 0 aromatic heterocycles. The first-order chi connectivity index (χ1) is 10.1. The highest BCUT2D eigenvalue weighted by molar-refractivity contribution is 5.96. The van der Waals surface area contributed by atoms with Gasteiger partial charge in [-0.15, -0.1) is 0 Å².